The lowest BCUT2D eigenvalue weighted by Gasteiger charge is -2.34. The van der Waals surface area contributed by atoms with Gasteiger partial charge in [0.25, 0.3) is 0 Å². The van der Waals surface area contributed by atoms with Crippen molar-refractivity contribution in [1.29, 1.82) is 0 Å². The van der Waals surface area contributed by atoms with Gasteiger partial charge in [0, 0.05) is 26.1 Å². The van der Waals surface area contributed by atoms with E-state index < -0.39 is 19.9 Å². The number of nitrogens with one attached hydrogen (secondary N) is 1. The van der Waals surface area contributed by atoms with Crippen molar-refractivity contribution in [2.45, 2.75) is 57.7 Å². The zero-order chi connectivity index (χ0) is 24.3. The van der Waals surface area contributed by atoms with E-state index >= 15 is 0 Å². The van der Waals surface area contributed by atoms with E-state index in [9.17, 15) is 9.59 Å². The Morgan fingerprint density at radius 3 is 2.85 bits per heavy atom. The Balaban J connectivity index is 1.51. The molecular weight excluding hydrogens is 468 g/mol. The van der Waals surface area contributed by atoms with Crippen molar-refractivity contribution in [3.05, 3.63) is 34.8 Å². The van der Waals surface area contributed by atoms with Gasteiger partial charge < -0.3 is 20.7 Å². The molecule has 1 saturated heterocycles. The predicted octanol–water partition coefficient (Wildman–Crippen LogP) is 4.08. The number of rotatable bonds is 7. The number of carbonyl (C=O) groups excluding carboxylic acids is 2. The molecular formula is C23H32N6O3SSi. The fourth-order valence-corrected chi connectivity index (χ4v) is 5.73. The van der Waals surface area contributed by atoms with Gasteiger partial charge in [-0.15, -0.1) is 11.3 Å². The lowest BCUT2D eigenvalue weighted by atomic mass is 10.0. The maximum Gasteiger partial charge on any atom is 0.314 e. The van der Waals surface area contributed by atoms with Gasteiger partial charge in [0.05, 0.1) is 35.0 Å². The highest BCUT2D eigenvalue weighted by atomic mass is 32.1. The largest absolute Gasteiger partial charge is 0.383 e. The second kappa shape index (κ2) is 10.2. The van der Waals surface area contributed by atoms with E-state index in [4.69, 9.17) is 10.5 Å². The maximum absolute atomic E-state index is 13.2. The molecule has 0 aliphatic carbocycles. The summed E-state index contributed by atoms with van der Waals surface area (Å²) in [7, 11) is -1.21. The topological polar surface area (TPSA) is 115 Å². The highest BCUT2D eigenvalue weighted by molar-refractivity contribution is 7.10. The average Bonchev–Trinajstić information content (AvgIpc) is 3.48. The van der Waals surface area contributed by atoms with Crippen LogP contribution in [0.3, 0.4) is 0 Å². The van der Waals surface area contributed by atoms with Crippen LogP contribution >= 0.6 is 11.3 Å². The number of aromatic nitrogens is 3. The van der Waals surface area contributed by atoms with Gasteiger partial charge in [0.2, 0.25) is 0 Å². The molecule has 0 unspecified atom stereocenters. The fraction of sp³-hybridized carbons (Fsp3) is 0.478. The third-order valence-electron chi connectivity index (χ3n) is 5.99. The Kier molecular flexibility index (Phi) is 7.34. The molecule has 34 heavy (non-hydrogen) atoms. The number of carbonyl (C=O) groups is 2. The molecule has 1 aliphatic heterocycles. The Morgan fingerprint density at radius 1 is 1.29 bits per heavy atom. The summed E-state index contributed by atoms with van der Waals surface area (Å²) >= 11 is 1.61. The molecule has 0 aromatic carbocycles. The summed E-state index contributed by atoms with van der Waals surface area (Å²) in [5.41, 5.74) is 7.02. The first-order valence-corrected chi connectivity index (χ1v) is 16.2. The van der Waals surface area contributed by atoms with E-state index in [1.807, 2.05) is 17.5 Å². The first-order chi connectivity index (χ1) is 16.2. The van der Waals surface area contributed by atoms with Gasteiger partial charge in [-0.2, -0.15) is 5.10 Å². The molecule has 4 rings (SSSR count). The van der Waals surface area contributed by atoms with Crippen LogP contribution in [0.25, 0.3) is 10.9 Å². The molecule has 1 atom stereocenters. The number of hydrogen-bond donors (Lipinski definition) is 2. The van der Waals surface area contributed by atoms with E-state index in [1.165, 1.54) is 6.20 Å². The van der Waals surface area contributed by atoms with Crippen molar-refractivity contribution in [1.82, 2.24) is 19.7 Å². The van der Waals surface area contributed by atoms with Crippen molar-refractivity contribution in [3.63, 3.8) is 0 Å². The molecule has 3 aromatic heterocycles. The molecule has 3 N–H and O–H groups in total. The van der Waals surface area contributed by atoms with Crippen LogP contribution in [0.15, 0.2) is 29.9 Å². The van der Waals surface area contributed by atoms with Crippen LogP contribution in [0.4, 0.5) is 11.5 Å². The van der Waals surface area contributed by atoms with Gasteiger partial charge in [-0.05, 0) is 36.8 Å². The fourth-order valence-electron chi connectivity index (χ4n) is 4.10. The molecule has 4 heterocycles. The van der Waals surface area contributed by atoms with Gasteiger partial charge in [-0.3, -0.25) is 9.59 Å². The SMILES string of the molecule is C[Si](C)(C)CCOCn1ncc2c(N)ncc(NC(=O)C(=O)N3CCCC[C@H]3c3cccs3)c21. The number of nitrogens with two attached hydrogens (primary N) is 1. The Hall–Kier alpha value is -2.76. The van der Waals surface area contributed by atoms with Crippen LogP contribution in [-0.4, -0.2) is 52.7 Å². The molecule has 2 amide bonds. The Labute approximate surface area is 204 Å². The van der Waals surface area contributed by atoms with Crippen molar-refractivity contribution < 1.29 is 14.3 Å². The Bertz CT molecular complexity index is 1160. The second-order valence-corrected chi connectivity index (χ2v) is 16.4. The zero-order valence-corrected chi connectivity index (χ0v) is 21.7. The number of amides is 2. The van der Waals surface area contributed by atoms with Gasteiger partial charge in [0.1, 0.15) is 12.5 Å². The number of hydrogen-bond acceptors (Lipinski definition) is 7. The van der Waals surface area contributed by atoms with Crippen LogP contribution in [0.5, 0.6) is 0 Å². The summed E-state index contributed by atoms with van der Waals surface area (Å²) in [6.45, 7) is 8.30. The van der Waals surface area contributed by atoms with Crippen molar-refractivity contribution in [2.24, 2.45) is 0 Å². The molecule has 1 fully saturated rings. The first kappa shape index (κ1) is 24.4. The number of pyridine rings is 1. The van der Waals surface area contributed by atoms with Gasteiger partial charge in [-0.25, -0.2) is 9.67 Å². The van der Waals surface area contributed by atoms with Gasteiger partial charge in [0.15, 0.2) is 0 Å². The van der Waals surface area contributed by atoms with E-state index in [-0.39, 0.29) is 12.8 Å². The molecule has 0 spiro atoms. The van der Waals surface area contributed by atoms with E-state index in [1.54, 1.807) is 27.1 Å². The molecule has 3 aromatic rings. The third kappa shape index (κ3) is 5.48. The van der Waals surface area contributed by atoms with Crippen LogP contribution in [0.1, 0.15) is 30.2 Å². The highest BCUT2D eigenvalue weighted by Gasteiger charge is 2.32. The van der Waals surface area contributed by atoms with E-state index in [2.05, 4.69) is 35.0 Å². The van der Waals surface area contributed by atoms with E-state index in [0.29, 0.717) is 35.6 Å². The van der Waals surface area contributed by atoms with Crippen LogP contribution in [-0.2, 0) is 21.1 Å². The van der Waals surface area contributed by atoms with Gasteiger partial charge >= 0.3 is 11.8 Å². The highest BCUT2D eigenvalue weighted by Crippen LogP contribution is 2.34. The number of fused-ring (bicyclic) bond motifs is 1. The molecule has 11 heteroatoms. The number of piperidine rings is 1. The standard InChI is InChI=1S/C23H32N6O3SSi/c1-34(2,3)12-10-32-15-29-20-16(13-26-29)21(24)25-14-17(20)27-22(30)23(31)28-9-5-4-7-18(28)19-8-6-11-33-19/h6,8,11,13-14,18H,4-5,7,9-10,12,15H2,1-3H3,(H2,24,25)(H,27,30)/t18-/m0/s1. The Morgan fingerprint density at radius 2 is 2.12 bits per heavy atom. The smallest absolute Gasteiger partial charge is 0.314 e. The summed E-state index contributed by atoms with van der Waals surface area (Å²) in [5, 5.41) is 9.74. The average molecular weight is 501 g/mol. The molecule has 1 aliphatic rings. The number of nitrogens with zero attached hydrogens (tertiary/aromatic N) is 4. The summed E-state index contributed by atoms with van der Waals surface area (Å²) in [4.78, 5) is 33.2. The minimum absolute atomic E-state index is 0.0677. The molecule has 0 radical (unpaired) electrons. The first-order valence-electron chi connectivity index (χ1n) is 11.6. The summed E-state index contributed by atoms with van der Waals surface area (Å²) < 4.78 is 7.49. The lowest BCUT2D eigenvalue weighted by molar-refractivity contribution is -0.145. The lowest BCUT2D eigenvalue weighted by Crippen LogP contribution is -2.44. The quantitative estimate of drug-likeness (QED) is 0.287. The summed E-state index contributed by atoms with van der Waals surface area (Å²) in [6, 6.07) is 4.96. The summed E-state index contributed by atoms with van der Waals surface area (Å²) in [5.74, 6) is -0.925. The van der Waals surface area contributed by atoms with Crippen molar-refractivity contribution in [2.75, 3.05) is 24.2 Å². The van der Waals surface area contributed by atoms with Crippen molar-refractivity contribution >= 4 is 53.6 Å². The van der Waals surface area contributed by atoms with Crippen LogP contribution in [0, 0.1) is 0 Å². The maximum atomic E-state index is 13.2. The molecule has 0 saturated carbocycles. The third-order valence-corrected chi connectivity index (χ3v) is 8.67. The molecule has 0 bridgehead atoms. The minimum Gasteiger partial charge on any atom is -0.383 e. The molecule has 182 valence electrons. The number of likely N-dealkylation sites (tertiary alicyclic amines) is 1. The monoisotopic (exact) mass is 500 g/mol. The number of nitrogen functional groups attached to an aromatic ring is 1. The van der Waals surface area contributed by atoms with Crippen LogP contribution in [0.2, 0.25) is 25.7 Å². The van der Waals surface area contributed by atoms with Crippen LogP contribution < -0.4 is 11.1 Å². The second-order valence-electron chi connectivity index (χ2n) is 9.79. The number of thiophene rings is 1. The van der Waals surface area contributed by atoms with Crippen molar-refractivity contribution in [3.8, 4) is 0 Å². The number of anilines is 2. The summed E-state index contributed by atoms with van der Waals surface area (Å²) in [6.07, 6.45) is 5.85. The normalized spacial score (nSPS) is 16.7. The molecule has 9 nitrogen and oxygen atoms in total. The van der Waals surface area contributed by atoms with Gasteiger partial charge in [-0.1, -0.05) is 25.7 Å². The minimum atomic E-state index is -1.21. The van der Waals surface area contributed by atoms with E-state index in [0.717, 1.165) is 30.2 Å². The predicted molar refractivity (Wildman–Crippen MR) is 137 cm³/mol. The number of ether oxygens (including phenoxy) is 1. The zero-order valence-electron chi connectivity index (χ0n) is 19.9.